The maximum absolute atomic E-state index is 11.4. The Morgan fingerprint density at radius 1 is 1.17 bits per heavy atom. The number of carbonyl (C=O) groups is 1. The summed E-state index contributed by atoms with van der Waals surface area (Å²) in [5, 5.41) is 12.8. The lowest BCUT2D eigenvalue weighted by atomic mass is 10.2. The van der Waals surface area contributed by atoms with Crippen LogP contribution in [0.4, 0.5) is 17.3 Å². The average molecular weight is 421 g/mol. The van der Waals surface area contributed by atoms with Crippen LogP contribution in [0.3, 0.4) is 0 Å². The highest BCUT2D eigenvalue weighted by atomic mass is 32.1. The van der Waals surface area contributed by atoms with E-state index in [4.69, 9.17) is 5.73 Å². The first-order valence-electron chi connectivity index (χ1n) is 9.45. The second-order valence-electron chi connectivity index (χ2n) is 6.82. The first-order chi connectivity index (χ1) is 14.7. The van der Waals surface area contributed by atoms with Gasteiger partial charge in [-0.1, -0.05) is 0 Å². The number of rotatable bonds is 5. The topological polar surface area (TPSA) is 126 Å². The van der Waals surface area contributed by atoms with Crippen molar-refractivity contribution in [3.05, 3.63) is 47.2 Å². The number of primary amides is 1. The van der Waals surface area contributed by atoms with E-state index < -0.39 is 5.91 Å². The molecule has 0 spiro atoms. The van der Waals surface area contributed by atoms with E-state index in [2.05, 4.69) is 35.6 Å². The van der Waals surface area contributed by atoms with E-state index in [1.54, 1.807) is 23.0 Å². The molecule has 0 saturated carbocycles. The van der Waals surface area contributed by atoms with Crippen LogP contribution in [0.15, 0.2) is 42.3 Å². The van der Waals surface area contributed by atoms with E-state index in [-0.39, 0.29) is 0 Å². The summed E-state index contributed by atoms with van der Waals surface area (Å²) < 4.78 is 1.69. The molecule has 4 N–H and O–H groups in total. The number of nitrogens with one attached hydrogen (secondary N) is 2. The molecular formula is C19H19N9OS. The number of amides is 1. The molecular weight excluding hydrogens is 402 g/mol. The third-order valence-corrected chi connectivity index (χ3v) is 5.84. The van der Waals surface area contributed by atoms with Gasteiger partial charge in [0.25, 0.3) is 5.91 Å². The molecule has 0 unspecified atom stereocenters. The molecule has 4 aromatic heterocycles. The average Bonchev–Trinajstić information content (AvgIpc) is 3.46. The normalized spacial score (nSPS) is 14.2. The van der Waals surface area contributed by atoms with Gasteiger partial charge in [0.2, 0.25) is 0 Å². The summed E-state index contributed by atoms with van der Waals surface area (Å²) in [7, 11) is 0. The second-order valence-corrected chi connectivity index (χ2v) is 7.73. The van der Waals surface area contributed by atoms with E-state index in [1.165, 1.54) is 17.7 Å². The maximum atomic E-state index is 11.4. The Morgan fingerprint density at radius 2 is 2.03 bits per heavy atom. The van der Waals surface area contributed by atoms with Crippen LogP contribution in [0.1, 0.15) is 9.67 Å². The van der Waals surface area contributed by atoms with Gasteiger partial charge in [-0.15, -0.1) is 11.3 Å². The summed E-state index contributed by atoms with van der Waals surface area (Å²) in [6.45, 7) is 3.83. The number of piperazine rings is 1. The maximum Gasteiger partial charge on any atom is 0.258 e. The molecule has 5 rings (SSSR count). The zero-order chi connectivity index (χ0) is 20.5. The second kappa shape index (κ2) is 7.69. The Labute approximate surface area is 175 Å². The van der Waals surface area contributed by atoms with Crippen molar-refractivity contribution < 1.29 is 4.79 Å². The number of aromatic nitrogens is 5. The molecule has 10 nitrogen and oxygen atoms in total. The van der Waals surface area contributed by atoms with Gasteiger partial charge in [-0.25, -0.2) is 19.5 Å². The number of nitrogens with two attached hydrogens (primary N) is 1. The Bertz CT molecular complexity index is 1190. The quantitative estimate of drug-likeness (QED) is 0.443. The number of pyridine rings is 1. The molecule has 11 heteroatoms. The molecule has 1 saturated heterocycles. The first-order valence-corrected chi connectivity index (χ1v) is 10.3. The lowest BCUT2D eigenvalue weighted by molar-refractivity contribution is 0.100. The standard InChI is InChI=1S/C19H19N9OS/c20-17(29)15-7-12(10-30-15)14-9-23-18(19-24-11-25-28(14)19)26-13-1-2-16(22-8-13)27-5-3-21-4-6-27/h1-2,7-11,21H,3-6H2,(H2,20,29)(H,23,26). The van der Waals surface area contributed by atoms with Crippen molar-refractivity contribution >= 4 is 40.2 Å². The van der Waals surface area contributed by atoms with Crippen molar-refractivity contribution in [2.24, 2.45) is 5.73 Å². The van der Waals surface area contributed by atoms with Crippen LogP contribution >= 0.6 is 11.3 Å². The van der Waals surface area contributed by atoms with Gasteiger partial charge < -0.3 is 21.3 Å². The SMILES string of the molecule is NC(=O)c1cc(-c2cnc(Nc3ccc(N4CCNCC4)nc3)c3ncnn23)cs1. The summed E-state index contributed by atoms with van der Waals surface area (Å²) >= 11 is 1.29. The zero-order valence-electron chi connectivity index (χ0n) is 15.9. The van der Waals surface area contributed by atoms with Gasteiger partial charge in [-0.3, -0.25) is 4.79 Å². The molecule has 0 aliphatic carbocycles. The number of nitrogens with zero attached hydrogens (tertiary/aromatic N) is 6. The monoisotopic (exact) mass is 421 g/mol. The van der Waals surface area contributed by atoms with Crippen molar-refractivity contribution in [1.29, 1.82) is 0 Å². The van der Waals surface area contributed by atoms with Gasteiger partial charge in [-0.05, 0) is 18.2 Å². The highest BCUT2D eigenvalue weighted by Gasteiger charge is 2.15. The van der Waals surface area contributed by atoms with Crippen molar-refractivity contribution in [2.45, 2.75) is 0 Å². The predicted octanol–water partition coefficient (Wildman–Crippen LogP) is 1.50. The summed E-state index contributed by atoms with van der Waals surface area (Å²) in [6.07, 6.45) is 4.95. The fraction of sp³-hybridized carbons (Fsp3) is 0.211. The van der Waals surface area contributed by atoms with Crippen molar-refractivity contribution in [1.82, 2.24) is 29.9 Å². The number of thiophene rings is 1. The molecule has 0 aromatic carbocycles. The predicted molar refractivity (Wildman–Crippen MR) is 115 cm³/mol. The zero-order valence-corrected chi connectivity index (χ0v) is 16.8. The van der Waals surface area contributed by atoms with Gasteiger partial charge in [0.1, 0.15) is 12.1 Å². The Hall–Kier alpha value is -3.57. The molecule has 1 aliphatic heterocycles. The fourth-order valence-electron chi connectivity index (χ4n) is 3.38. The highest BCUT2D eigenvalue weighted by Crippen LogP contribution is 2.28. The van der Waals surface area contributed by atoms with E-state index in [1.807, 2.05) is 17.5 Å². The van der Waals surface area contributed by atoms with Gasteiger partial charge in [0, 0.05) is 37.1 Å². The Balaban J connectivity index is 1.41. The fourth-order valence-corrected chi connectivity index (χ4v) is 4.13. The van der Waals surface area contributed by atoms with E-state index in [0.717, 1.165) is 48.9 Å². The van der Waals surface area contributed by atoms with Gasteiger partial charge in [-0.2, -0.15) is 5.10 Å². The van der Waals surface area contributed by atoms with Crippen molar-refractivity contribution in [2.75, 3.05) is 36.4 Å². The van der Waals surface area contributed by atoms with Crippen LogP contribution in [0.25, 0.3) is 16.9 Å². The highest BCUT2D eigenvalue weighted by molar-refractivity contribution is 7.12. The van der Waals surface area contributed by atoms with Crippen LogP contribution in [0, 0.1) is 0 Å². The molecule has 30 heavy (non-hydrogen) atoms. The van der Waals surface area contributed by atoms with Crippen LogP contribution in [-0.4, -0.2) is 56.7 Å². The van der Waals surface area contributed by atoms with Crippen LogP contribution < -0.4 is 21.3 Å². The molecule has 4 aromatic rings. The number of anilines is 3. The van der Waals surface area contributed by atoms with E-state index in [9.17, 15) is 4.79 Å². The van der Waals surface area contributed by atoms with Gasteiger partial charge in [0.15, 0.2) is 11.5 Å². The third-order valence-electron chi connectivity index (χ3n) is 4.89. The largest absolute Gasteiger partial charge is 0.365 e. The molecule has 152 valence electrons. The molecule has 0 bridgehead atoms. The first kappa shape index (κ1) is 18.5. The van der Waals surface area contributed by atoms with Crippen LogP contribution in [0.2, 0.25) is 0 Å². The molecule has 1 aliphatic rings. The smallest absolute Gasteiger partial charge is 0.258 e. The van der Waals surface area contributed by atoms with Gasteiger partial charge in [0.05, 0.1) is 28.7 Å². The Morgan fingerprint density at radius 3 is 2.77 bits per heavy atom. The van der Waals surface area contributed by atoms with Crippen LogP contribution in [-0.2, 0) is 0 Å². The van der Waals surface area contributed by atoms with Crippen molar-refractivity contribution in [3.8, 4) is 11.3 Å². The van der Waals surface area contributed by atoms with Crippen LogP contribution in [0.5, 0.6) is 0 Å². The lowest BCUT2D eigenvalue weighted by Gasteiger charge is -2.28. The molecule has 1 amide bonds. The molecule has 0 radical (unpaired) electrons. The van der Waals surface area contributed by atoms with E-state index >= 15 is 0 Å². The number of hydrogen-bond donors (Lipinski definition) is 3. The third kappa shape index (κ3) is 3.44. The minimum Gasteiger partial charge on any atom is -0.365 e. The van der Waals surface area contributed by atoms with E-state index in [0.29, 0.717) is 16.3 Å². The summed E-state index contributed by atoms with van der Waals surface area (Å²) in [4.78, 5) is 27.6. The number of hydrogen-bond acceptors (Lipinski definition) is 9. The summed E-state index contributed by atoms with van der Waals surface area (Å²) in [5.41, 5.74) is 8.29. The molecule has 5 heterocycles. The number of fused-ring (bicyclic) bond motifs is 1. The minimum atomic E-state index is -0.455. The summed E-state index contributed by atoms with van der Waals surface area (Å²) in [6, 6.07) is 5.71. The molecule has 1 fully saturated rings. The molecule has 0 atom stereocenters. The lowest BCUT2D eigenvalue weighted by Crippen LogP contribution is -2.43. The van der Waals surface area contributed by atoms with Gasteiger partial charge >= 0.3 is 0 Å². The summed E-state index contributed by atoms with van der Waals surface area (Å²) in [5.74, 6) is 1.07. The van der Waals surface area contributed by atoms with Crippen molar-refractivity contribution in [3.63, 3.8) is 0 Å². The Kier molecular flexibility index (Phi) is 4.73. The number of carbonyl (C=O) groups excluding carboxylic acids is 1. The minimum absolute atomic E-state index is 0.455.